The Labute approximate surface area is 88.2 Å². The molecule has 1 aromatic rings. The van der Waals surface area contributed by atoms with Crippen LogP contribution in [0, 0.1) is 0 Å². The van der Waals surface area contributed by atoms with Crippen molar-refractivity contribution < 1.29 is 14.4 Å². The van der Waals surface area contributed by atoms with Gasteiger partial charge in [-0.1, -0.05) is 25.9 Å². The van der Waals surface area contributed by atoms with Crippen LogP contribution in [0.1, 0.15) is 44.1 Å². The van der Waals surface area contributed by atoms with E-state index in [2.05, 4.69) is 5.16 Å². The lowest BCUT2D eigenvalue weighted by Gasteiger charge is -2.11. The van der Waals surface area contributed by atoms with Crippen LogP contribution in [0.4, 0.5) is 0 Å². The predicted octanol–water partition coefficient (Wildman–Crippen LogP) is 1.31. The summed E-state index contributed by atoms with van der Waals surface area (Å²) >= 11 is 0. The normalized spacial score (nSPS) is 15.3. The number of aromatic nitrogens is 1. The zero-order valence-corrected chi connectivity index (χ0v) is 9.10. The van der Waals surface area contributed by atoms with Crippen molar-refractivity contribution in [2.45, 2.75) is 38.6 Å². The molecule has 3 N–H and O–H groups in total. The summed E-state index contributed by atoms with van der Waals surface area (Å²) in [7, 11) is 0. The van der Waals surface area contributed by atoms with E-state index in [1.807, 2.05) is 13.8 Å². The topological polar surface area (TPSA) is 89.4 Å². The second-order valence-corrected chi connectivity index (χ2v) is 3.96. The first-order valence-electron chi connectivity index (χ1n) is 4.88. The van der Waals surface area contributed by atoms with Gasteiger partial charge < -0.3 is 15.4 Å². The zero-order chi connectivity index (χ0) is 11.6. The van der Waals surface area contributed by atoms with Gasteiger partial charge in [0, 0.05) is 17.9 Å². The fourth-order valence-electron chi connectivity index (χ4n) is 1.19. The highest BCUT2D eigenvalue weighted by Gasteiger charge is 2.24. The van der Waals surface area contributed by atoms with Gasteiger partial charge >= 0.3 is 5.97 Å². The quantitative estimate of drug-likeness (QED) is 0.785. The van der Waals surface area contributed by atoms with Gasteiger partial charge in [-0.2, -0.15) is 0 Å². The molecule has 0 aliphatic rings. The summed E-state index contributed by atoms with van der Waals surface area (Å²) in [6.45, 7) is 5.68. The van der Waals surface area contributed by atoms with Crippen LogP contribution in [0.15, 0.2) is 10.6 Å². The third-order valence-corrected chi connectivity index (χ3v) is 2.41. The van der Waals surface area contributed by atoms with Gasteiger partial charge in [-0.25, -0.2) is 0 Å². The van der Waals surface area contributed by atoms with Gasteiger partial charge in [0.15, 0.2) is 0 Å². The summed E-state index contributed by atoms with van der Waals surface area (Å²) in [5.74, 6) is -0.399. The molecule has 0 aliphatic carbocycles. The predicted molar refractivity (Wildman–Crippen MR) is 54.6 cm³/mol. The summed E-state index contributed by atoms with van der Waals surface area (Å²) in [6.07, 6.45) is 0. The molecule has 5 heteroatoms. The van der Waals surface area contributed by atoms with Crippen molar-refractivity contribution in [1.29, 1.82) is 0 Å². The van der Waals surface area contributed by atoms with E-state index in [-0.39, 0.29) is 11.8 Å². The van der Waals surface area contributed by atoms with Gasteiger partial charge in [-0.3, -0.25) is 4.79 Å². The van der Waals surface area contributed by atoms with E-state index in [1.54, 1.807) is 13.0 Å². The monoisotopic (exact) mass is 212 g/mol. The summed E-state index contributed by atoms with van der Waals surface area (Å²) in [5, 5.41) is 12.6. The number of carboxylic acids is 1. The maximum atomic E-state index is 10.7. The minimum absolute atomic E-state index is 0.236. The molecule has 0 saturated heterocycles. The molecule has 0 amide bonds. The summed E-state index contributed by atoms with van der Waals surface area (Å²) in [6, 6.07) is 0.813. The maximum absolute atomic E-state index is 10.7. The van der Waals surface area contributed by atoms with E-state index >= 15 is 0 Å². The number of nitrogens with zero attached hydrogens (tertiary/aromatic N) is 1. The van der Waals surface area contributed by atoms with Gasteiger partial charge in [0.1, 0.15) is 11.8 Å². The van der Waals surface area contributed by atoms with Crippen molar-refractivity contribution in [3.63, 3.8) is 0 Å². The Morgan fingerprint density at radius 2 is 2.13 bits per heavy atom. The highest BCUT2D eigenvalue weighted by atomic mass is 16.5. The molecule has 5 nitrogen and oxygen atoms in total. The van der Waals surface area contributed by atoms with Crippen LogP contribution in [-0.2, 0) is 4.79 Å². The van der Waals surface area contributed by atoms with Crippen LogP contribution in [0.5, 0.6) is 0 Å². The summed E-state index contributed by atoms with van der Waals surface area (Å²) < 4.78 is 5.08. The van der Waals surface area contributed by atoms with Gasteiger partial charge in [-0.15, -0.1) is 0 Å². The largest absolute Gasteiger partial charge is 0.480 e. The molecule has 1 aromatic heterocycles. The summed E-state index contributed by atoms with van der Waals surface area (Å²) in [5.41, 5.74) is 6.09. The lowest BCUT2D eigenvalue weighted by molar-refractivity contribution is -0.139. The molecule has 2 atom stereocenters. The number of carbonyl (C=O) groups is 1. The molecule has 0 fully saturated rings. The minimum Gasteiger partial charge on any atom is -0.480 e. The minimum atomic E-state index is -1.03. The van der Waals surface area contributed by atoms with Crippen molar-refractivity contribution in [2.24, 2.45) is 5.73 Å². The Kier molecular flexibility index (Phi) is 3.47. The molecular weight excluding hydrogens is 196 g/mol. The molecule has 2 unspecified atom stereocenters. The van der Waals surface area contributed by atoms with E-state index in [9.17, 15) is 4.79 Å². The molecule has 0 aromatic carbocycles. The molecule has 84 valence electrons. The Morgan fingerprint density at radius 1 is 1.53 bits per heavy atom. The third kappa shape index (κ3) is 2.56. The zero-order valence-electron chi connectivity index (χ0n) is 9.10. The van der Waals surface area contributed by atoms with Crippen molar-refractivity contribution >= 4 is 5.97 Å². The van der Waals surface area contributed by atoms with Crippen molar-refractivity contribution in [2.75, 3.05) is 0 Å². The summed E-state index contributed by atoms with van der Waals surface area (Å²) in [4.78, 5) is 10.7. The highest BCUT2D eigenvalue weighted by Crippen LogP contribution is 2.22. The molecule has 1 heterocycles. The van der Waals surface area contributed by atoms with Crippen molar-refractivity contribution in [3.8, 4) is 0 Å². The first-order chi connectivity index (χ1) is 6.93. The fraction of sp³-hybridized carbons (Fsp3) is 0.600. The molecule has 0 saturated carbocycles. The number of nitrogens with two attached hydrogens (primary N) is 1. The number of hydrogen-bond acceptors (Lipinski definition) is 4. The van der Waals surface area contributed by atoms with Gasteiger partial charge in [-0.05, 0) is 0 Å². The second kappa shape index (κ2) is 4.44. The van der Waals surface area contributed by atoms with Crippen LogP contribution < -0.4 is 5.73 Å². The molecule has 0 aliphatic heterocycles. The molecule has 0 spiro atoms. The lowest BCUT2D eigenvalue weighted by Crippen LogP contribution is -2.35. The van der Waals surface area contributed by atoms with Crippen LogP contribution in [0.25, 0.3) is 0 Å². The number of aliphatic carboxylic acids is 1. The van der Waals surface area contributed by atoms with Gasteiger partial charge in [0.25, 0.3) is 0 Å². The van der Waals surface area contributed by atoms with Crippen LogP contribution >= 0.6 is 0 Å². The Bertz CT molecular complexity index is 346. The van der Waals surface area contributed by atoms with Crippen LogP contribution in [0.3, 0.4) is 0 Å². The van der Waals surface area contributed by atoms with E-state index < -0.39 is 12.0 Å². The average molecular weight is 212 g/mol. The maximum Gasteiger partial charge on any atom is 0.321 e. The first-order valence-corrected chi connectivity index (χ1v) is 4.88. The van der Waals surface area contributed by atoms with E-state index in [0.29, 0.717) is 5.69 Å². The van der Waals surface area contributed by atoms with Gasteiger partial charge in [0.05, 0.1) is 5.69 Å². The van der Waals surface area contributed by atoms with Crippen molar-refractivity contribution in [3.05, 3.63) is 17.5 Å². The number of carboxylic acid groups (broad SMARTS) is 1. The third-order valence-electron chi connectivity index (χ3n) is 2.41. The lowest BCUT2D eigenvalue weighted by atomic mass is 9.98. The standard InChI is InChI=1S/C10H16N2O3/c1-5(2)8-4-7(12-15-8)6(3)9(11)10(13)14/h4-6,9H,11H2,1-3H3,(H,13,14). The van der Waals surface area contributed by atoms with Gasteiger partial charge in [0.2, 0.25) is 0 Å². The van der Waals surface area contributed by atoms with Crippen LogP contribution in [-0.4, -0.2) is 22.3 Å². The van der Waals surface area contributed by atoms with E-state index in [4.69, 9.17) is 15.4 Å². The molecular formula is C10H16N2O3. The van der Waals surface area contributed by atoms with Crippen LogP contribution in [0.2, 0.25) is 0 Å². The first kappa shape index (κ1) is 11.7. The molecule has 0 bridgehead atoms. The Morgan fingerprint density at radius 3 is 2.53 bits per heavy atom. The Hall–Kier alpha value is -1.36. The molecule has 15 heavy (non-hydrogen) atoms. The van der Waals surface area contributed by atoms with E-state index in [0.717, 1.165) is 5.76 Å². The van der Waals surface area contributed by atoms with E-state index in [1.165, 1.54) is 0 Å². The average Bonchev–Trinajstić information content (AvgIpc) is 2.64. The molecule has 1 rings (SSSR count). The Balaban J connectivity index is 2.82. The molecule has 0 radical (unpaired) electrons. The smallest absolute Gasteiger partial charge is 0.321 e. The number of rotatable bonds is 4. The highest BCUT2D eigenvalue weighted by molar-refractivity contribution is 5.74. The SMILES string of the molecule is CC(C)c1cc(C(C)C(N)C(=O)O)no1. The van der Waals surface area contributed by atoms with Crippen molar-refractivity contribution in [1.82, 2.24) is 5.16 Å². The number of hydrogen-bond donors (Lipinski definition) is 2. The second-order valence-electron chi connectivity index (χ2n) is 3.96. The fourth-order valence-corrected chi connectivity index (χ4v) is 1.19.